The van der Waals surface area contributed by atoms with Gasteiger partial charge in [0.1, 0.15) is 0 Å². The van der Waals surface area contributed by atoms with Crippen LogP contribution in [-0.2, 0) is 27.1 Å². The summed E-state index contributed by atoms with van der Waals surface area (Å²) in [6.45, 7) is 35.0. The zero-order valence-electron chi connectivity index (χ0n) is 69.0. The van der Waals surface area contributed by atoms with Crippen molar-refractivity contribution >= 4 is 101 Å². The lowest BCUT2D eigenvalue weighted by molar-refractivity contribution is 0.590. The summed E-state index contributed by atoms with van der Waals surface area (Å²) in [5.41, 5.74) is 37.4. The molecule has 562 valence electrons. The second kappa shape index (κ2) is 27.1. The van der Waals surface area contributed by atoms with Gasteiger partial charge < -0.3 is 18.9 Å². The number of hydrogen-bond acceptors (Lipinski definition) is 2. The van der Waals surface area contributed by atoms with Gasteiger partial charge in [0.15, 0.2) is 0 Å². The van der Waals surface area contributed by atoms with E-state index in [0.29, 0.717) is 0 Å². The Morgan fingerprint density at radius 1 is 0.200 bits per heavy atom. The molecule has 0 radical (unpaired) electrons. The zero-order chi connectivity index (χ0) is 79.4. The molecule has 0 aliphatic carbocycles. The fourth-order valence-electron chi connectivity index (χ4n) is 18.5. The Morgan fingerprint density at radius 2 is 0.461 bits per heavy atom. The summed E-state index contributed by atoms with van der Waals surface area (Å²) in [5, 5.41) is 5.05. The van der Waals surface area contributed by atoms with Crippen LogP contribution >= 0.6 is 0 Å². The maximum absolute atomic E-state index is 2.69. The van der Waals surface area contributed by atoms with Gasteiger partial charge in [-0.2, -0.15) is 0 Å². The Hall–Kier alpha value is -12.4. The Balaban J connectivity index is 0.931. The molecule has 15 aromatic carbocycles. The molecule has 0 spiro atoms. The van der Waals surface area contributed by atoms with Crippen LogP contribution < -0.4 is 26.2 Å². The minimum atomic E-state index is -0.329. The topological polar surface area (TPSA) is 16.3 Å². The zero-order valence-corrected chi connectivity index (χ0v) is 69.0. The number of benzene rings is 15. The Morgan fingerprint density at radius 3 is 0.765 bits per heavy atom. The van der Waals surface area contributed by atoms with Gasteiger partial charge in [0.05, 0.1) is 33.4 Å². The van der Waals surface area contributed by atoms with Crippen LogP contribution in [0.4, 0.5) is 34.1 Å². The van der Waals surface area contributed by atoms with Crippen molar-refractivity contribution in [3.05, 3.63) is 355 Å². The van der Waals surface area contributed by atoms with Gasteiger partial charge in [-0.1, -0.05) is 334 Å². The van der Waals surface area contributed by atoms with E-state index in [1.807, 2.05) is 0 Å². The second-order valence-electron chi connectivity index (χ2n) is 37.3. The van der Waals surface area contributed by atoms with Crippen LogP contribution in [0.2, 0.25) is 0 Å². The molecular weight excluding hydrogens is 1390 g/mol. The van der Waals surface area contributed by atoms with Gasteiger partial charge in [-0.15, -0.1) is 0 Å². The lowest BCUT2D eigenvalue weighted by atomic mass is 9.33. The van der Waals surface area contributed by atoms with Crippen molar-refractivity contribution in [2.75, 3.05) is 9.80 Å². The maximum Gasteiger partial charge on any atom is 0.252 e. The van der Waals surface area contributed by atoms with E-state index in [9.17, 15) is 0 Å². The number of hydrogen-bond donors (Lipinski definition) is 0. The average Bonchev–Trinajstić information content (AvgIpc) is 1.30. The molecule has 19 rings (SSSR count). The van der Waals surface area contributed by atoms with Crippen LogP contribution in [0.3, 0.4) is 0 Å². The molecule has 4 heterocycles. The fourth-order valence-corrected chi connectivity index (χ4v) is 18.5. The van der Waals surface area contributed by atoms with Gasteiger partial charge in [0.2, 0.25) is 0 Å². The van der Waals surface area contributed by atoms with E-state index in [0.717, 1.165) is 67.8 Å². The highest BCUT2D eigenvalue weighted by atomic mass is 15.2. The number of aromatic nitrogens is 2. The fraction of sp³-hybridized carbons (Fsp3) is 0.182. The van der Waals surface area contributed by atoms with Gasteiger partial charge in [-0.25, -0.2) is 0 Å². The Bertz CT molecular complexity index is 6210. The standard InChI is InChI=1S/C110H99BN4/c1-106(2,3)72-50-58-97-89(62-72)90-63-73(107(4,5)6)51-59-98(90)112(97)77-54-56-93-101(68-77)114(95-48-32-30-46-87(95)85-44-28-26-42-83(85)81-40-24-22-38-79(81)70-34-18-16-19-35-70)103-66-76(110(13,14)15)67-104-105(103)111(93)94-57-55-78(113-99-60-52-74(108(7,8)9)64-91(99)92-65-75(109(10,11)12)53-61-100(92)113)69-102(94)115(104)96-49-33-31-47-88(96)86-45-29-27-43-84(86)82-41-25-23-39-80(82)71-36-20-17-21-37-71/h16-69H,1-15H3. The molecule has 0 atom stereocenters. The summed E-state index contributed by atoms with van der Waals surface area (Å²) in [5.74, 6) is 0. The van der Waals surface area contributed by atoms with Crippen LogP contribution in [-0.4, -0.2) is 15.8 Å². The molecule has 0 saturated carbocycles. The number of rotatable bonds is 10. The number of nitrogens with zero attached hydrogens (tertiary/aromatic N) is 4. The normalized spacial score (nSPS) is 13.1. The average molecular weight is 1490 g/mol. The third-order valence-electron chi connectivity index (χ3n) is 24.7. The van der Waals surface area contributed by atoms with Crippen molar-refractivity contribution in [1.82, 2.24) is 9.13 Å². The van der Waals surface area contributed by atoms with Gasteiger partial charge in [0, 0.05) is 66.8 Å². The molecule has 17 aromatic rings. The van der Waals surface area contributed by atoms with Gasteiger partial charge in [-0.05, 0) is 224 Å². The third-order valence-corrected chi connectivity index (χ3v) is 24.7. The molecule has 115 heavy (non-hydrogen) atoms. The monoisotopic (exact) mass is 1490 g/mol. The largest absolute Gasteiger partial charge is 0.311 e. The summed E-state index contributed by atoms with van der Waals surface area (Å²) >= 11 is 0. The predicted molar refractivity (Wildman–Crippen MR) is 495 cm³/mol. The molecule has 2 aliphatic heterocycles. The van der Waals surface area contributed by atoms with E-state index in [2.05, 4.69) is 450 Å². The molecule has 2 aromatic heterocycles. The first kappa shape index (κ1) is 72.8. The molecule has 0 saturated heterocycles. The quantitative estimate of drug-likeness (QED) is 0.127. The van der Waals surface area contributed by atoms with Crippen molar-refractivity contribution in [2.45, 2.75) is 131 Å². The molecule has 2 aliphatic rings. The minimum absolute atomic E-state index is 0.0614. The Labute approximate surface area is 679 Å². The first-order valence-electron chi connectivity index (χ1n) is 41.2. The van der Waals surface area contributed by atoms with Crippen molar-refractivity contribution in [1.29, 1.82) is 0 Å². The first-order chi connectivity index (χ1) is 55.2. The molecule has 4 nitrogen and oxygen atoms in total. The highest BCUT2D eigenvalue weighted by Gasteiger charge is 2.46. The SMILES string of the molecule is CC(C)(C)c1cc2c3c(c1)N(c1ccccc1-c1ccccc1-c1ccccc1-c1ccccc1)c1cc(-n4c5ccc(C(C)(C)C)cc5c5cc(C(C)(C)C)ccc54)ccc1B3c1ccc(-n3c4ccc(C(C)(C)C)cc4c4cc(C(C)(C)C)ccc43)cc1N2c1ccccc1-c1ccccc1-c1ccccc1-c1ccccc1. The smallest absolute Gasteiger partial charge is 0.252 e. The summed E-state index contributed by atoms with van der Waals surface area (Å²) in [7, 11) is 0. The lowest BCUT2D eigenvalue weighted by Gasteiger charge is -2.46. The van der Waals surface area contributed by atoms with Crippen LogP contribution in [0.25, 0.3) is 122 Å². The van der Waals surface area contributed by atoms with Crippen molar-refractivity contribution in [3.8, 4) is 78.1 Å². The lowest BCUT2D eigenvalue weighted by Crippen LogP contribution is -2.61. The van der Waals surface area contributed by atoms with Gasteiger partial charge in [0.25, 0.3) is 6.71 Å². The summed E-state index contributed by atoms with van der Waals surface area (Å²) in [6.07, 6.45) is 0. The number of para-hydroxylation sites is 2. The highest BCUT2D eigenvalue weighted by molar-refractivity contribution is 7.00. The van der Waals surface area contributed by atoms with E-state index >= 15 is 0 Å². The highest BCUT2D eigenvalue weighted by Crippen LogP contribution is 2.54. The van der Waals surface area contributed by atoms with Gasteiger partial charge >= 0.3 is 0 Å². The van der Waals surface area contributed by atoms with E-state index < -0.39 is 0 Å². The van der Waals surface area contributed by atoms with Crippen molar-refractivity contribution in [2.24, 2.45) is 0 Å². The first-order valence-corrected chi connectivity index (χ1v) is 41.2. The van der Waals surface area contributed by atoms with Crippen molar-refractivity contribution in [3.63, 3.8) is 0 Å². The summed E-state index contributed by atoms with van der Waals surface area (Å²) in [6, 6.07) is 126. The molecule has 0 bridgehead atoms. The van der Waals surface area contributed by atoms with Crippen LogP contribution in [0.5, 0.6) is 0 Å². The molecule has 5 heteroatoms. The maximum atomic E-state index is 2.69. The number of anilines is 6. The molecule has 0 fully saturated rings. The summed E-state index contributed by atoms with van der Waals surface area (Å²) in [4.78, 5) is 5.38. The molecular formula is C110H99BN4. The number of fused-ring (bicyclic) bond motifs is 10. The minimum Gasteiger partial charge on any atom is -0.311 e. The third kappa shape index (κ3) is 12.3. The van der Waals surface area contributed by atoms with Crippen molar-refractivity contribution < 1.29 is 0 Å². The van der Waals surface area contributed by atoms with Crippen LogP contribution in [0, 0.1) is 0 Å². The second-order valence-corrected chi connectivity index (χ2v) is 37.3. The summed E-state index contributed by atoms with van der Waals surface area (Å²) < 4.78 is 5.12. The van der Waals surface area contributed by atoms with Gasteiger partial charge in [-0.3, -0.25) is 0 Å². The Kier molecular flexibility index (Phi) is 17.2. The van der Waals surface area contributed by atoms with E-state index in [1.54, 1.807) is 0 Å². The van der Waals surface area contributed by atoms with Crippen LogP contribution in [0.15, 0.2) is 328 Å². The van der Waals surface area contributed by atoms with E-state index in [-0.39, 0.29) is 33.8 Å². The molecule has 0 amide bonds. The molecule has 0 N–H and O–H groups in total. The predicted octanol–water partition coefficient (Wildman–Crippen LogP) is 28.5. The van der Waals surface area contributed by atoms with Crippen LogP contribution in [0.1, 0.15) is 132 Å². The van der Waals surface area contributed by atoms with E-state index in [4.69, 9.17) is 0 Å². The molecule has 0 unspecified atom stereocenters. The van der Waals surface area contributed by atoms with E-state index in [1.165, 1.54) is 132 Å².